The van der Waals surface area contributed by atoms with E-state index in [0.717, 1.165) is 0 Å². The third-order valence-corrected chi connectivity index (χ3v) is 5.15. The summed E-state index contributed by atoms with van der Waals surface area (Å²) < 4.78 is 5.50. The Balaban J connectivity index is 1.35. The number of ether oxygens (including phenoxy) is 1. The minimum absolute atomic E-state index is 0.0503. The largest absolute Gasteiger partial charge is 0.479 e. The molecular weight excluding hydrogens is 404 g/mol. The molecule has 0 saturated carbocycles. The quantitative estimate of drug-likeness (QED) is 0.585. The maximum absolute atomic E-state index is 12.4. The summed E-state index contributed by atoms with van der Waals surface area (Å²) in [5.41, 5.74) is 2.12. The molecule has 8 nitrogen and oxygen atoms in total. The minimum atomic E-state index is -0.556. The van der Waals surface area contributed by atoms with Crippen molar-refractivity contribution in [1.29, 1.82) is 0 Å². The molecule has 1 aromatic heterocycles. The monoisotopic (exact) mass is 422 g/mol. The topological polar surface area (TPSA) is 109 Å². The summed E-state index contributed by atoms with van der Waals surface area (Å²) in [7, 11) is 0. The van der Waals surface area contributed by atoms with Crippen LogP contribution in [0.15, 0.2) is 53.9 Å². The zero-order valence-corrected chi connectivity index (χ0v) is 16.8. The molecule has 1 aliphatic heterocycles. The smallest absolute Gasteiger partial charge is 0.265 e. The molecule has 0 bridgehead atoms. The van der Waals surface area contributed by atoms with E-state index < -0.39 is 6.10 Å². The molecule has 3 aromatic rings. The SMILES string of the molecule is C[C@H]1Oc2ccc(NC(=O)Cc3csc(NC(=O)c4ccccc4)n3)cc2NC1=O. The summed E-state index contributed by atoms with van der Waals surface area (Å²) in [6.07, 6.45) is -0.506. The highest BCUT2D eigenvalue weighted by Crippen LogP contribution is 2.32. The summed E-state index contributed by atoms with van der Waals surface area (Å²) >= 11 is 1.25. The molecule has 4 rings (SSSR count). The minimum Gasteiger partial charge on any atom is -0.479 e. The van der Waals surface area contributed by atoms with Crippen molar-refractivity contribution < 1.29 is 19.1 Å². The van der Waals surface area contributed by atoms with E-state index in [2.05, 4.69) is 20.9 Å². The van der Waals surface area contributed by atoms with E-state index in [1.807, 2.05) is 6.07 Å². The van der Waals surface area contributed by atoms with Crippen LogP contribution >= 0.6 is 11.3 Å². The van der Waals surface area contributed by atoms with Crippen molar-refractivity contribution in [3.05, 3.63) is 65.2 Å². The Bertz CT molecular complexity index is 1110. The van der Waals surface area contributed by atoms with Crippen molar-refractivity contribution in [1.82, 2.24) is 4.98 Å². The number of amides is 3. The highest BCUT2D eigenvalue weighted by atomic mass is 32.1. The molecule has 0 unspecified atom stereocenters. The van der Waals surface area contributed by atoms with E-state index in [0.29, 0.717) is 33.5 Å². The summed E-state index contributed by atoms with van der Waals surface area (Å²) in [5.74, 6) is -0.205. The number of hydrogen-bond donors (Lipinski definition) is 3. The lowest BCUT2D eigenvalue weighted by Gasteiger charge is -2.23. The number of carbonyl (C=O) groups excluding carboxylic acids is 3. The number of nitrogens with one attached hydrogen (secondary N) is 3. The van der Waals surface area contributed by atoms with Crippen molar-refractivity contribution >= 4 is 45.6 Å². The van der Waals surface area contributed by atoms with Gasteiger partial charge in [0.2, 0.25) is 5.91 Å². The van der Waals surface area contributed by atoms with Crippen LogP contribution in [0.2, 0.25) is 0 Å². The number of carbonyl (C=O) groups is 3. The van der Waals surface area contributed by atoms with Gasteiger partial charge in [0.15, 0.2) is 11.2 Å². The molecule has 0 saturated heterocycles. The summed E-state index contributed by atoms with van der Waals surface area (Å²) in [5, 5.41) is 10.4. The first kappa shape index (κ1) is 19.6. The van der Waals surface area contributed by atoms with Gasteiger partial charge in [-0.25, -0.2) is 4.98 Å². The molecule has 30 heavy (non-hydrogen) atoms. The molecule has 0 radical (unpaired) electrons. The molecule has 3 amide bonds. The number of aromatic nitrogens is 1. The molecule has 3 N–H and O–H groups in total. The van der Waals surface area contributed by atoms with Crippen LogP contribution in [0.25, 0.3) is 0 Å². The van der Waals surface area contributed by atoms with Gasteiger partial charge < -0.3 is 15.4 Å². The first-order valence-electron chi connectivity index (χ1n) is 9.20. The van der Waals surface area contributed by atoms with E-state index in [1.165, 1.54) is 11.3 Å². The van der Waals surface area contributed by atoms with Crippen molar-refractivity contribution in [2.24, 2.45) is 0 Å². The van der Waals surface area contributed by atoms with Crippen LogP contribution in [0.4, 0.5) is 16.5 Å². The molecule has 9 heteroatoms. The van der Waals surface area contributed by atoms with Gasteiger partial charge in [-0.2, -0.15) is 0 Å². The van der Waals surface area contributed by atoms with E-state index >= 15 is 0 Å². The molecule has 1 aliphatic rings. The van der Waals surface area contributed by atoms with Crippen molar-refractivity contribution in [2.45, 2.75) is 19.4 Å². The van der Waals surface area contributed by atoms with Gasteiger partial charge in [0.1, 0.15) is 5.75 Å². The van der Waals surface area contributed by atoms with Crippen LogP contribution in [0, 0.1) is 0 Å². The average Bonchev–Trinajstić information content (AvgIpc) is 3.16. The van der Waals surface area contributed by atoms with Gasteiger partial charge in [0, 0.05) is 16.6 Å². The number of fused-ring (bicyclic) bond motifs is 1. The molecule has 0 fully saturated rings. The van der Waals surface area contributed by atoms with Crippen LogP contribution < -0.4 is 20.7 Å². The fourth-order valence-corrected chi connectivity index (χ4v) is 3.57. The second kappa shape index (κ2) is 8.34. The first-order valence-corrected chi connectivity index (χ1v) is 10.1. The lowest BCUT2D eigenvalue weighted by Crippen LogP contribution is -2.34. The second-order valence-electron chi connectivity index (χ2n) is 6.65. The standard InChI is InChI=1S/C21H18N4O4S/c1-12-19(27)24-16-9-14(7-8-17(16)29-12)22-18(26)10-15-11-30-21(23-15)25-20(28)13-5-3-2-4-6-13/h2-9,11-12H,10H2,1H3,(H,22,26)(H,24,27)(H,23,25,28)/t12-/m1/s1. The highest BCUT2D eigenvalue weighted by Gasteiger charge is 2.23. The Morgan fingerprint density at radius 2 is 1.97 bits per heavy atom. The van der Waals surface area contributed by atoms with E-state index in [1.54, 1.807) is 54.8 Å². The zero-order chi connectivity index (χ0) is 21.1. The van der Waals surface area contributed by atoms with Crippen LogP contribution in [-0.2, 0) is 16.0 Å². The lowest BCUT2D eigenvalue weighted by molar-refractivity contribution is -0.122. The number of hydrogen-bond acceptors (Lipinski definition) is 6. The van der Waals surface area contributed by atoms with Gasteiger partial charge in [-0.1, -0.05) is 18.2 Å². The van der Waals surface area contributed by atoms with Crippen molar-refractivity contribution in [2.75, 3.05) is 16.0 Å². The van der Waals surface area contributed by atoms with E-state index in [9.17, 15) is 14.4 Å². The average molecular weight is 422 g/mol. The lowest BCUT2D eigenvalue weighted by atomic mass is 10.2. The predicted octanol–water partition coefficient (Wildman–Crippen LogP) is 3.30. The van der Waals surface area contributed by atoms with Crippen LogP contribution in [0.5, 0.6) is 5.75 Å². The van der Waals surface area contributed by atoms with Crippen LogP contribution in [0.3, 0.4) is 0 Å². The van der Waals surface area contributed by atoms with Gasteiger partial charge in [-0.05, 0) is 37.3 Å². The summed E-state index contributed by atoms with van der Waals surface area (Å²) in [6.45, 7) is 1.67. The number of rotatable bonds is 5. The number of benzene rings is 2. The first-order chi connectivity index (χ1) is 14.5. The van der Waals surface area contributed by atoms with Crippen molar-refractivity contribution in [3.63, 3.8) is 0 Å². The molecule has 1 atom stereocenters. The number of nitrogens with zero attached hydrogens (tertiary/aromatic N) is 1. The Kier molecular flexibility index (Phi) is 5.44. The second-order valence-corrected chi connectivity index (χ2v) is 7.51. The van der Waals surface area contributed by atoms with Crippen LogP contribution in [-0.4, -0.2) is 28.8 Å². The number of thiazole rings is 1. The summed E-state index contributed by atoms with van der Waals surface area (Å²) in [4.78, 5) is 40.6. The molecular formula is C21H18N4O4S. The highest BCUT2D eigenvalue weighted by molar-refractivity contribution is 7.14. The van der Waals surface area contributed by atoms with Gasteiger partial charge in [0.25, 0.3) is 11.8 Å². The maximum atomic E-state index is 12.4. The third kappa shape index (κ3) is 4.47. The van der Waals surface area contributed by atoms with Gasteiger partial charge in [-0.15, -0.1) is 11.3 Å². The molecule has 0 spiro atoms. The normalized spacial score (nSPS) is 14.8. The molecule has 2 heterocycles. The fourth-order valence-electron chi connectivity index (χ4n) is 2.86. The Morgan fingerprint density at radius 1 is 1.17 bits per heavy atom. The van der Waals surface area contributed by atoms with E-state index in [-0.39, 0.29) is 24.1 Å². The maximum Gasteiger partial charge on any atom is 0.265 e. The molecule has 0 aliphatic carbocycles. The zero-order valence-electron chi connectivity index (χ0n) is 16.0. The summed E-state index contributed by atoms with van der Waals surface area (Å²) in [6, 6.07) is 13.9. The van der Waals surface area contributed by atoms with E-state index in [4.69, 9.17) is 4.74 Å². The van der Waals surface area contributed by atoms with Gasteiger partial charge in [-0.3, -0.25) is 19.7 Å². The number of anilines is 3. The molecule has 2 aromatic carbocycles. The third-order valence-electron chi connectivity index (χ3n) is 4.34. The van der Waals surface area contributed by atoms with Crippen LogP contribution in [0.1, 0.15) is 23.0 Å². The Hall–Kier alpha value is -3.72. The van der Waals surface area contributed by atoms with Gasteiger partial charge >= 0.3 is 0 Å². The fraction of sp³-hybridized carbons (Fsp3) is 0.143. The van der Waals surface area contributed by atoms with Crippen molar-refractivity contribution in [3.8, 4) is 5.75 Å². The van der Waals surface area contributed by atoms with Gasteiger partial charge in [0.05, 0.1) is 17.8 Å². The molecule has 152 valence electrons. The predicted molar refractivity (Wildman–Crippen MR) is 114 cm³/mol. The Morgan fingerprint density at radius 3 is 2.77 bits per heavy atom. The Labute approximate surface area is 176 Å².